The maximum atomic E-state index is 14.4. The number of rotatable bonds is 10. The van der Waals surface area contributed by atoms with E-state index in [9.17, 15) is 72.0 Å². The first kappa shape index (κ1) is 32.5. The van der Waals surface area contributed by atoms with Crippen molar-refractivity contribution in [3.8, 4) is 0 Å². The van der Waals surface area contributed by atoms with Gasteiger partial charge < -0.3 is 5.32 Å². The Labute approximate surface area is 212 Å². The van der Waals surface area contributed by atoms with Gasteiger partial charge in [-0.15, -0.1) is 13.2 Å². The Morgan fingerprint density at radius 1 is 0.800 bits per heavy atom. The van der Waals surface area contributed by atoms with Crippen LogP contribution in [0.15, 0.2) is 42.5 Å². The van der Waals surface area contributed by atoms with E-state index >= 15 is 0 Å². The third kappa shape index (κ3) is 6.37. The van der Waals surface area contributed by atoms with Crippen molar-refractivity contribution in [2.45, 2.75) is 43.5 Å². The molecule has 0 atom stereocenters. The second kappa shape index (κ2) is 10.4. The molecule has 2 rings (SSSR count). The molecular weight excluding hydrogens is 595 g/mol. The molecule has 1 amide bonds. The average molecular weight is 606 g/mol. The minimum Gasteiger partial charge on any atom is -0.322 e. The Hall–Kier alpha value is -3.68. The van der Waals surface area contributed by atoms with Gasteiger partial charge in [0.1, 0.15) is 0 Å². The number of carbonyl (C=O) groups excluding carboxylic acids is 1. The number of nitrogens with zero attached hydrogens (tertiary/aromatic N) is 1. The summed E-state index contributed by atoms with van der Waals surface area (Å²) in [6, 6.07) is 4.43. The van der Waals surface area contributed by atoms with Crippen molar-refractivity contribution in [2.75, 3.05) is 5.32 Å². The molecule has 7 nitrogen and oxygen atoms in total. The van der Waals surface area contributed by atoms with Gasteiger partial charge in [0, 0.05) is 28.4 Å². The van der Waals surface area contributed by atoms with Crippen LogP contribution < -0.4 is 5.32 Å². The Bertz CT molecular complexity index is 1280. The first-order valence-electron chi connectivity index (χ1n) is 9.88. The molecule has 0 radical (unpaired) electrons. The molecule has 0 bridgehead atoms. The van der Waals surface area contributed by atoms with Gasteiger partial charge in [0.2, 0.25) is 0 Å². The average Bonchev–Trinajstić information content (AvgIpc) is 2.76. The largest absolute Gasteiger partial charge is 0.527 e. The van der Waals surface area contributed by atoms with Gasteiger partial charge in [0.15, 0.2) is 0 Å². The van der Waals surface area contributed by atoms with E-state index in [2.05, 4.69) is 0 Å². The number of hydrogen-bond donors (Lipinski definition) is 1. The number of amides is 1. The minimum absolute atomic E-state index is 0.0144. The lowest BCUT2D eigenvalue weighted by Crippen LogP contribution is -2.61. The molecule has 40 heavy (non-hydrogen) atoms. The quantitative estimate of drug-likeness (QED) is 0.175. The SMILES string of the molecule is Cc1c(C(=O)Nc2cccc(C(F)(F)C(F)(F)OC(F)(F)C(F)(F)C(F)(F)OC(F)(F)F)c2)cccc1[N+](=O)[O-]. The Kier molecular flexibility index (Phi) is 8.44. The van der Waals surface area contributed by atoms with Gasteiger partial charge in [0.25, 0.3) is 11.6 Å². The molecule has 222 valence electrons. The number of nitrogens with one attached hydrogen (secondary N) is 1. The molecule has 0 saturated carbocycles. The highest BCUT2D eigenvalue weighted by Gasteiger charge is 2.80. The zero-order chi connectivity index (χ0) is 31.1. The third-order valence-electron chi connectivity index (χ3n) is 4.83. The number of anilines is 1. The molecule has 1 N–H and O–H groups in total. The smallest absolute Gasteiger partial charge is 0.322 e. The monoisotopic (exact) mass is 606 g/mol. The van der Waals surface area contributed by atoms with Gasteiger partial charge in [-0.1, -0.05) is 18.2 Å². The van der Waals surface area contributed by atoms with Crippen LogP contribution in [0.25, 0.3) is 0 Å². The highest BCUT2D eigenvalue weighted by atomic mass is 19.4. The second-order valence-corrected chi connectivity index (χ2v) is 7.59. The van der Waals surface area contributed by atoms with Gasteiger partial charge in [-0.25, -0.2) is 9.47 Å². The van der Waals surface area contributed by atoms with E-state index in [0.29, 0.717) is 6.07 Å². The summed E-state index contributed by atoms with van der Waals surface area (Å²) >= 11 is 0. The highest BCUT2D eigenvalue weighted by molar-refractivity contribution is 6.05. The number of nitro benzene ring substituents is 1. The van der Waals surface area contributed by atoms with Crippen LogP contribution in [0.1, 0.15) is 21.5 Å². The van der Waals surface area contributed by atoms with Crippen LogP contribution >= 0.6 is 0 Å². The predicted octanol–water partition coefficient (Wildman–Crippen LogP) is 7.21. The van der Waals surface area contributed by atoms with Gasteiger partial charge in [0.05, 0.1) is 4.92 Å². The lowest BCUT2D eigenvalue weighted by atomic mass is 10.0. The van der Waals surface area contributed by atoms with E-state index in [1.165, 1.54) is 4.74 Å². The minimum atomic E-state index is -7.57. The van der Waals surface area contributed by atoms with Crippen molar-refractivity contribution in [2.24, 2.45) is 0 Å². The molecule has 0 aliphatic heterocycles. The summed E-state index contributed by atoms with van der Waals surface area (Å²) in [7, 11) is 0. The number of alkyl halides is 13. The molecule has 0 spiro atoms. The topological polar surface area (TPSA) is 90.7 Å². The molecule has 0 unspecified atom stereocenters. The number of hydrogen-bond acceptors (Lipinski definition) is 5. The van der Waals surface area contributed by atoms with E-state index in [1.807, 2.05) is 10.1 Å². The summed E-state index contributed by atoms with van der Waals surface area (Å²) in [5, 5.41) is 12.9. The zero-order valence-electron chi connectivity index (χ0n) is 18.9. The van der Waals surface area contributed by atoms with Crippen molar-refractivity contribution in [1.29, 1.82) is 0 Å². The summed E-state index contributed by atoms with van der Waals surface area (Å²) < 4.78 is 176. The number of carbonyl (C=O) groups is 1. The lowest BCUT2D eigenvalue weighted by molar-refractivity contribution is -0.535. The molecule has 0 heterocycles. The van der Waals surface area contributed by atoms with E-state index in [4.69, 9.17) is 0 Å². The van der Waals surface area contributed by atoms with Crippen molar-refractivity contribution >= 4 is 17.3 Å². The molecule has 2 aromatic carbocycles. The molecule has 20 heteroatoms. The van der Waals surface area contributed by atoms with Crippen LogP contribution in [0, 0.1) is 17.0 Å². The van der Waals surface area contributed by atoms with Crippen LogP contribution in [-0.4, -0.2) is 41.4 Å². The standard InChI is InChI=1S/C20H11F13N2O5/c1-9-12(6-3-7-13(9)35(37)38)14(36)34-11-5-2-4-10(8-11)15(21,22)17(25,26)39-18(27,28)16(23,24)19(29,30)40-20(31,32)33/h2-8H,1H3,(H,34,36). The summed E-state index contributed by atoms with van der Waals surface area (Å²) in [5.41, 5.74) is -3.99. The first-order chi connectivity index (χ1) is 17.9. The zero-order valence-corrected chi connectivity index (χ0v) is 18.9. The maximum Gasteiger partial charge on any atom is 0.527 e. The normalized spacial score (nSPS) is 13.8. The second-order valence-electron chi connectivity index (χ2n) is 7.59. The highest BCUT2D eigenvalue weighted by Crippen LogP contribution is 2.54. The lowest BCUT2D eigenvalue weighted by Gasteiger charge is -2.35. The summed E-state index contributed by atoms with van der Waals surface area (Å²) in [4.78, 5) is 22.5. The van der Waals surface area contributed by atoms with Gasteiger partial charge in [-0.2, -0.15) is 43.9 Å². The summed E-state index contributed by atoms with van der Waals surface area (Å²) in [6.45, 7) is 1.12. The number of nitro groups is 1. The fourth-order valence-corrected chi connectivity index (χ4v) is 2.89. The molecule has 0 fully saturated rings. The van der Waals surface area contributed by atoms with E-state index in [-0.39, 0.29) is 17.7 Å². The van der Waals surface area contributed by atoms with E-state index < -0.39 is 69.9 Å². The van der Waals surface area contributed by atoms with E-state index in [1.54, 1.807) is 0 Å². The van der Waals surface area contributed by atoms with Crippen molar-refractivity contribution in [1.82, 2.24) is 0 Å². The van der Waals surface area contributed by atoms with Crippen LogP contribution in [0.2, 0.25) is 0 Å². The van der Waals surface area contributed by atoms with Crippen molar-refractivity contribution in [3.05, 3.63) is 69.3 Å². The fourth-order valence-electron chi connectivity index (χ4n) is 2.89. The molecule has 0 aliphatic rings. The van der Waals surface area contributed by atoms with Crippen LogP contribution in [-0.2, 0) is 15.4 Å². The van der Waals surface area contributed by atoms with Crippen molar-refractivity contribution < 1.29 is 76.3 Å². The Balaban J connectivity index is 2.37. The Morgan fingerprint density at radius 2 is 1.32 bits per heavy atom. The van der Waals surface area contributed by atoms with Gasteiger partial charge in [-0.3, -0.25) is 14.9 Å². The van der Waals surface area contributed by atoms with Crippen molar-refractivity contribution in [3.63, 3.8) is 0 Å². The predicted molar refractivity (Wildman–Crippen MR) is 104 cm³/mol. The fraction of sp³-hybridized carbons (Fsp3) is 0.350. The van der Waals surface area contributed by atoms with Crippen LogP contribution in [0.4, 0.5) is 68.5 Å². The summed E-state index contributed by atoms with van der Waals surface area (Å²) in [5.74, 6) is -14.9. The number of ether oxygens (including phenoxy) is 2. The molecule has 0 aromatic heterocycles. The van der Waals surface area contributed by atoms with Crippen LogP contribution in [0.5, 0.6) is 0 Å². The maximum absolute atomic E-state index is 14.4. The van der Waals surface area contributed by atoms with Crippen LogP contribution in [0.3, 0.4) is 0 Å². The van der Waals surface area contributed by atoms with E-state index in [0.717, 1.165) is 31.2 Å². The molecular formula is C20H11F13N2O5. The number of benzene rings is 2. The molecule has 0 saturated heterocycles. The van der Waals surface area contributed by atoms with Gasteiger partial charge in [-0.05, 0) is 25.1 Å². The van der Waals surface area contributed by atoms with Gasteiger partial charge >= 0.3 is 36.5 Å². The first-order valence-corrected chi connectivity index (χ1v) is 9.88. The molecule has 0 aliphatic carbocycles. The summed E-state index contributed by atoms with van der Waals surface area (Å²) in [6.07, 6.45) is -28.2. The molecule has 2 aromatic rings. The Morgan fingerprint density at radius 3 is 1.85 bits per heavy atom. The third-order valence-corrected chi connectivity index (χ3v) is 4.83. The number of halogens is 13.